The Balaban J connectivity index is 2.04. The van der Waals surface area contributed by atoms with Gasteiger partial charge in [0.05, 0.1) is 23.9 Å². The summed E-state index contributed by atoms with van der Waals surface area (Å²) in [5.74, 6) is -0.493. The predicted octanol–water partition coefficient (Wildman–Crippen LogP) is 3.52. The third-order valence-electron chi connectivity index (χ3n) is 3.96. The second-order valence-electron chi connectivity index (χ2n) is 5.76. The fraction of sp³-hybridized carbons (Fsp3) is 0.150. The molecule has 1 aliphatic rings. The lowest BCUT2D eigenvalue weighted by molar-refractivity contribution is -0.122. The van der Waals surface area contributed by atoms with Gasteiger partial charge in [-0.3, -0.25) is 14.9 Å². The summed E-state index contributed by atoms with van der Waals surface area (Å²) in [7, 11) is 1.52. The third-order valence-corrected chi connectivity index (χ3v) is 4.55. The smallest absolute Gasteiger partial charge is 0.335 e. The standard InChI is InChI=1S/C20H17BrN2O5/c1-3-28-16-11-12(10-15(21)17(16)27-2)9-14-18(24)22-20(26)23(19(14)25)13-7-5-4-6-8-13/h4-11H,3H2,1-2H3,(H,22,24,26)/b14-9+. The van der Waals surface area contributed by atoms with Gasteiger partial charge in [-0.2, -0.15) is 0 Å². The zero-order valence-corrected chi connectivity index (χ0v) is 16.8. The van der Waals surface area contributed by atoms with Crippen LogP contribution in [0, 0.1) is 0 Å². The Morgan fingerprint density at radius 1 is 1.14 bits per heavy atom. The van der Waals surface area contributed by atoms with E-state index in [9.17, 15) is 14.4 Å². The van der Waals surface area contributed by atoms with Gasteiger partial charge in [-0.15, -0.1) is 0 Å². The lowest BCUT2D eigenvalue weighted by Gasteiger charge is -2.26. The van der Waals surface area contributed by atoms with Crippen molar-refractivity contribution in [1.29, 1.82) is 0 Å². The van der Waals surface area contributed by atoms with Crippen molar-refractivity contribution in [3.05, 3.63) is 58.1 Å². The number of para-hydroxylation sites is 1. The van der Waals surface area contributed by atoms with Crippen molar-refractivity contribution in [2.75, 3.05) is 18.6 Å². The number of nitrogens with zero attached hydrogens (tertiary/aromatic N) is 1. The van der Waals surface area contributed by atoms with Gasteiger partial charge in [-0.1, -0.05) is 18.2 Å². The molecule has 1 N–H and O–H groups in total. The van der Waals surface area contributed by atoms with Crippen molar-refractivity contribution < 1.29 is 23.9 Å². The zero-order valence-electron chi connectivity index (χ0n) is 15.2. The molecule has 0 aromatic heterocycles. The first-order valence-corrected chi connectivity index (χ1v) is 9.22. The van der Waals surface area contributed by atoms with Gasteiger partial charge in [-0.05, 0) is 58.8 Å². The highest BCUT2D eigenvalue weighted by Gasteiger charge is 2.36. The molecule has 3 rings (SSSR count). The van der Waals surface area contributed by atoms with Crippen LogP contribution in [0.3, 0.4) is 0 Å². The summed E-state index contributed by atoms with van der Waals surface area (Å²) >= 11 is 3.40. The summed E-state index contributed by atoms with van der Waals surface area (Å²) in [5, 5.41) is 2.20. The van der Waals surface area contributed by atoms with Gasteiger partial charge in [0.15, 0.2) is 11.5 Å². The van der Waals surface area contributed by atoms with Gasteiger partial charge in [0.2, 0.25) is 0 Å². The summed E-state index contributed by atoms with van der Waals surface area (Å²) < 4.78 is 11.5. The number of anilines is 1. The Labute approximate surface area is 170 Å². The molecule has 8 heteroatoms. The van der Waals surface area contributed by atoms with E-state index in [1.807, 2.05) is 6.92 Å². The number of imide groups is 2. The molecule has 0 aliphatic carbocycles. The van der Waals surface area contributed by atoms with E-state index in [1.54, 1.807) is 42.5 Å². The van der Waals surface area contributed by atoms with Crippen molar-refractivity contribution in [2.45, 2.75) is 6.92 Å². The molecule has 7 nitrogen and oxygen atoms in total. The monoisotopic (exact) mass is 444 g/mol. The molecule has 1 fully saturated rings. The molecule has 1 saturated heterocycles. The number of ether oxygens (including phenoxy) is 2. The van der Waals surface area contributed by atoms with E-state index < -0.39 is 17.8 Å². The Bertz CT molecular complexity index is 972. The molecule has 28 heavy (non-hydrogen) atoms. The zero-order chi connectivity index (χ0) is 20.3. The summed E-state index contributed by atoms with van der Waals surface area (Å²) in [4.78, 5) is 38.3. The number of halogens is 1. The van der Waals surface area contributed by atoms with Gasteiger partial charge in [0, 0.05) is 0 Å². The topological polar surface area (TPSA) is 84.9 Å². The molecule has 0 unspecified atom stereocenters. The largest absolute Gasteiger partial charge is 0.492 e. The molecule has 0 radical (unpaired) electrons. The van der Waals surface area contributed by atoms with Crippen LogP contribution in [-0.2, 0) is 9.59 Å². The van der Waals surface area contributed by atoms with Crippen LogP contribution in [0.1, 0.15) is 12.5 Å². The molecule has 4 amide bonds. The summed E-state index contributed by atoms with van der Waals surface area (Å²) in [6.07, 6.45) is 1.41. The summed E-state index contributed by atoms with van der Waals surface area (Å²) in [6, 6.07) is 11.0. The number of rotatable bonds is 5. The molecule has 144 valence electrons. The number of carbonyl (C=O) groups is 3. The Hall–Kier alpha value is -3.13. The Kier molecular flexibility index (Phi) is 5.79. The molecule has 1 aliphatic heterocycles. The molecular weight excluding hydrogens is 428 g/mol. The first-order valence-electron chi connectivity index (χ1n) is 8.43. The van der Waals surface area contributed by atoms with Crippen LogP contribution < -0.4 is 19.7 Å². The highest BCUT2D eigenvalue weighted by molar-refractivity contribution is 9.10. The Morgan fingerprint density at radius 2 is 1.86 bits per heavy atom. The number of barbiturate groups is 1. The van der Waals surface area contributed by atoms with Crippen molar-refractivity contribution in [1.82, 2.24) is 5.32 Å². The number of hydrogen-bond acceptors (Lipinski definition) is 5. The number of benzene rings is 2. The van der Waals surface area contributed by atoms with Crippen molar-refractivity contribution >= 4 is 45.5 Å². The minimum Gasteiger partial charge on any atom is -0.492 e. The van der Waals surface area contributed by atoms with Crippen LogP contribution in [-0.4, -0.2) is 31.6 Å². The lowest BCUT2D eigenvalue weighted by atomic mass is 10.1. The maximum Gasteiger partial charge on any atom is 0.335 e. The number of carbonyl (C=O) groups excluding carboxylic acids is 3. The van der Waals surface area contributed by atoms with Crippen LogP contribution in [0.2, 0.25) is 0 Å². The van der Waals surface area contributed by atoms with Gasteiger partial charge >= 0.3 is 6.03 Å². The van der Waals surface area contributed by atoms with Gasteiger partial charge in [0.1, 0.15) is 5.57 Å². The van der Waals surface area contributed by atoms with Crippen LogP contribution >= 0.6 is 15.9 Å². The van der Waals surface area contributed by atoms with E-state index in [1.165, 1.54) is 13.2 Å². The Morgan fingerprint density at radius 3 is 2.50 bits per heavy atom. The summed E-state index contributed by atoms with van der Waals surface area (Å²) in [5.41, 5.74) is 0.745. The number of amides is 4. The molecule has 2 aromatic rings. The first kappa shape index (κ1) is 19.6. The average molecular weight is 445 g/mol. The van der Waals surface area contributed by atoms with Crippen molar-refractivity contribution in [2.24, 2.45) is 0 Å². The molecule has 0 saturated carbocycles. The van der Waals surface area contributed by atoms with Crippen LogP contribution in [0.25, 0.3) is 6.08 Å². The number of methoxy groups -OCH3 is 1. The second-order valence-corrected chi connectivity index (χ2v) is 6.61. The molecular formula is C20H17BrN2O5. The number of nitrogens with one attached hydrogen (secondary N) is 1. The first-order chi connectivity index (χ1) is 13.5. The van der Waals surface area contributed by atoms with E-state index in [-0.39, 0.29) is 5.57 Å². The fourth-order valence-corrected chi connectivity index (χ4v) is 3.39. The molecule has 2 aromatic carbocycles. The minimum atomic E-state index is -0.788. The molecule has 0 bridgehead atoms. The van der Waals surface area contributed by atoms with Crippen LogP contribution in [0.4, 0.5) is 10.5 Å². The third kappa shape index (κ3) is 3.77. The van der Waals surface area contributed by atoms with Crippen LogP contribution in [0.5, 0.6) is 11.5 Å². The number of urea groups is 1. The van der Waals surface area contributed by atoms with Gasteiger partial charge in [-0.25, -0.2) is 9.69 Å². The maximum atomic E-state index is 12.9. The highest BCUT2D eigenvalue weighted by atomic mass is 79.9. The fourth-order valence-electron chi connectivity index (χ4n) is 2.77. The summed E-state index contributed by atoms with van der Waals surface area (Å²) in [6.45, 7) is 2.25. The second kappa shape index (κ2) is 8.26. The maximum absolute atomic E-state index is 12.9. The van der Waals surface area contributed by atoms with Gasteiger partial charge in [0.25, 0.3) is 11.8 Å². The highest BCUT2D eigenvalue weighted by Crippen LogP contribution is 2.37. The van der Waals surface area contributed by atoms with Crippen molar-refractivity contribution in [3.63, 3.8) is 0 Å². The minimum absolute atomic E-state index is 0.164. The average Bonchev–Trinajstić information content (AvgIpc) is 2.66. The number of hydrogen-bond donors (Lipinski definition) is 1. The predicted molar refractivity (Wildman–Crippen MR) is 107 cm³/mol. The molecule has 1 heterocycles. The van der Waals surface area contributed by atoms with Crippen molar-refractivity contribution in [3.8, 4) is 11.5 Å². The van der Waals surface area contributed by atoms with E-state index >= 15 is 0 Å². The van der Waals surface area contributed by atoms with E-state index in [2.05, 4.69) is 21.2 Å². The van der Waals surface area contributed by atoms with Gasteiger partial charge < -0.3 is 9.47 Å². The normalized spacial score (nSPS) is 15.6. The molecule has 0 spiro atoms. The van der Waals surface area contributed by atoms with E-state index in [0.717, 1.165) is 4.90 Å². The van der Waals surface area contributed by atoms with E-state index in [0.29, 0.717) is 33.8 Å². The lowest BCUT2D eigenvalue weighted by Crippen LogP contribution is -2.54. The molecule has 0 atom stereocenters. The van der Waals surface area contributed by atoms with E-state index in [4.69, 9.17) is 9.47 Å². The van der Waals surface area contributed by atoms with Crippen LogP contribution in [0.15, 0.2) is 52.5 Å². The quantitative estimate of drug-likeness (QED) is 0.563. The SMILES string of the molecule is CCOc1cc(/C=C2\C(=O)NC(=O)N(c3ccccc3)C2=O)cc(Br)c1OC.